The van der Waals surface area contributed by atoms with E-state index in [-0.39, 0.29) is 12.8 Å². The van der Waals surface area contributed by atoms with Crippen molar-refractivity contribution in [2.75, 3.05) is 0 Å². The van der Waals surface area contributed by atoms with Crippen LogP contribution >= 0.6 is 0 Å². The Labute approximate surface area is 126 Å². The number of hydrogen-bond donors (Lipinski definition) is 1. The van der Waals surface area contributed by atoms with E-state index in [4.69, 9.17) is 0 Å². The molecule has 3 nitrogen and oxygen atoms in total. The molecule has 0 unspecified atom stereocenters. The van der Waals surface area contributed by atoms with Crippen molar-refractivity contribution in [1.29, 1.82) is 0 Å². The lowest BCUT2D eigenvalue weighted by Crippen LogP contribution is -2.30. The van der Waals surface area contributed by atoms with E-state index in [1.807, 2.05) is 0 Å². The van der Waals surface area contributed by atoms with Crippen LogP contribution in [-0.4, -0.2) is 33.4 Å². The van der Waals surface area contributed by atoms with Crippen LogP contribution in [0.1, 0.15) is 54.5 Å². The molecule has 0 radical (unpaired) electrons. The maximum atomic E-state index is 14.0. The number of rotatable bonds is 1. The maximum Gasteiger partial charge on any atom is 0.435 e. The van der Waals surface area contributed by atoms with Crippen LogP contribution in [0.5, 0.6) is 0 Å². The number of nitrogens with zero attached hydrogens (tertiary/aromatic N) is 2. The smallest absolute Gasteiger partial charge is 0.385 e. The monoisotopic (exact) mass is 346 g/mol. The maximum absolute atomic E-state index is 14.0. The molecule has 0 amide bonds. The second-order valence-corrected chi connectivity index (χ2v) is 5.88. The van der Waals surface area contributed by atoms with Crippen LogP contribution in [0, 0.1) is 0 Å². The van der Waals surface area contributed by atoms with Gasteiger partial charge in [-0.25, -0.2) is 17.6 Å². The molecular formula is C13H13F7N2O. The quantitative estimate of drug-likeness (QED) is 0.788. The molecule has 0 aromatic carbocycles. The highest BCUT2D eigenvalue weighted by atomic mass is 19.4. The van der Waals surface area contributed by atoms with Crippen molar-refractivity contribution >= 4 is 0 Å². The molecular weight excluding hydrogens is 333 g/mol. The molecule has 1 N–H and O–H groups in total. The zero-order chi connectivity index (χ0) is 17.1. The van der Waals surface area contributed by atoms with Gasteiger partial charge in [0, 0.05) is 12.0 Å². The highest BCUT2D eigenvalue weighted by Crippen LogP contribution is 2.50. The Kier molecular flexibility index (Phi) is 3.85. The first-order valence-corrected chi connectivity index (χ1v) is 7.06. The van der Waals surface area contributed by atoms with Gasteiger partial charge in [0.05, 0.1) is 11.7 Å². The van der Waals surface area contributed by atoms with Crippen LogP contribution in [0.4, 0.5) is 30.7 Å². The SMILES string of the molecule is O[C@H]1c2c(C(F)(F)F)nn([C@H]3CC[C@H](F)[C@@H](F)C3)c2[C@@H](F)[C@H]1F. The Hall–Kier alpha value is -1.32. The van der Waals surface area contributed by atoms with Gasteiger partial charge < -0.3 is 5.11 Å². The lowest BCUT2D eigenvalue weighted by atomic mass is 9.92. The zero-order valence-corrected chi connectivity index (χ0v) is 11.6. The minimum Gasteiger partial charge on any atom is -0.385 e. The average Bonchev–Trinajstić information content (AvgIpc) is 2.96. The van der Waals surface area contributed by atoms with Crippen molar-refractivity contribution in [2.24, 2.45) is 0 Å². The van der Waals surface area contributed by atoms with E-state index in [0.29, 0.717) is 4.68 Å². The van der Waals surface area contributed by atoms with Gasteiger partial charge in [-0.1, -0.05) is 0 Å². The normalized spacial score (nSPS) is 37.9. The van der Waals surface area contributed by atoms with Crippen molar-refractivity contribution in [2.45, 2.75) is 62.3 Å². The van der Waals surface area contributed by atoms with E-state index in [2.05, 4.69) is 5.10 Å². The Morgan fingerprint density at radius 1 is 1.04 bits per heavy atom. The molecule has 0 bridgehead atoms. The van der Waals surface area contributed by atoms with E-state index < -0.39 is 66.4 Å². The molecule has 0 aliphatic heterocycles. The van der Waals surface area contributed by atoms with E-state index in [1.165, 1.54) is 0 Å². The summed E-state index contributed by atoms with van der Waals surface area (Å²) < 4.78 is 94.0. The third kappa shape index (κ3) is 2.50. The lowest BCUT2D eigenvalue weighted by molar-refractivity contribution is -0.143. The van der Waals surface area contributed by atoms with Crippen LogP contribution in [0.3, 0.4) is 0 Å². The van der Waals surface area contributed by atoms with Gasteiger partial charge in [-0.2, -0.15) is 18.3 Å². The average molecular weight is 346 g/mol. The fraction of sp³-hybridized carbons (Fsp3) is 0.769. The fourth-order valence-electron chi connectivity index (χ4n) is 3.26. The molecule has 0 spiro atoms. The second kappa shape index (κ2) is 5.35. The standard InChI is InChI=1S/C13H13F7N2O/c14-5-2-1-4(3-6(5)15)22-10-7(11(23)9(17)8(10)16)12(21-22)13(18,19)20/h4-6,8-9,11,23H,1-3H2/t4-,5-,6-,8-,9+,11-/m0/s1. The number of halogens is 7. The van der Waals surface area contributed by atoms with Crippen molar-refractivity contribution in [3.05, 3.63) is 17.0 Å². The summed E-state index contributed by atoms with van der Waals surface area (Å²) in [7, 11) is 0. The van der Waals surface area contributed by atoms with Crippen LogP contribution in [-0.2, 0) is 6.18 Å². The molecule has 1 aromatic rings. The van der Waals surface area contributed by atoms with Crippen molar-refractivity contribution < 1.29 is 35.8 Å². The fourth-order valence-corrected chi connectivity index (χ4v) is 3.26. The highest BCUT2D eigenvalue weighted by Gasteiger charge is 2.52. The molecule has 3 rings (SSSR count). The topological polar surface area (TPSA) is 38.1 Å². The molecule has 2 aliphatic rings. The largest absolute Gasteiger partial charge is 0.435 e. The number of fused-ring (bicyclic) bond motifs is 1. The molecule has 1 fully saturated rings. The predicted molar refractivity (Wildman–Crippen MR) is 63.6 cm³/mol. The first-order chi connectivity index (χ1) is 10.6. The van der Waals surface area contributed by atoms with E-state index >= 15 is 0 Å². The summed E-state index contributed by atoms with van der Waals surface area (Å²) in [5.74, 6) is 0. The Morgan fingerprint density at radius 3 is 2.26 bits per heavy atom. The number of aliphatic hydroxyl groups is 1. The van der Waals surface area contributed by atoms with Gasteiger partial charge in [0.15, 0.2) is 18.0 Å². The van der Waals surface area contributed by atoms with Gasteiger partial charge in [0.1, 0.15) is 18.4 Å². The summed E-state index contributed by atoms with van der Waals surface area (Å²) in [5, 5.41) is 12.8. The second-order valence-electron chi connectivity index (χ2n) is 5.88. The third-order valence-electron chi connectivity index (χ3n) is 4.40. The third-order valence-corrected chi connectivity index (χ3v) is 4.40. The molecule has 130 valence electrons. The molecule has 10 heteroatoms. The molecule has 1 aromatic heterocycles. The van der Waals surface area contributed by atoms with E-state index in [0.717, 1.165) is 0 Å². The molecule has 1 heterocycles. The lowest BCUT2D eigenvalue weighted by Gasteiger charge is -2.29. The molecule has 1 saturated carbocycles. The summed E-state index contributed by atoms with van der Waals surface area (Å²) in [4.78, 5) is 0. The molecule has 0 saturated heterocycles. The van der Waals surface area contributed by atoms with Crippen LogP contribution in [0.25, 0.3) is 0 Å². The summed E-state index contributed by atoms with van der Waals surface area (Å²) in [6.07, 6.45) is -16.8. The van der Waals surface area contributed by atoms with Gasteiger partial charge in [0.25, 0.3) is 0 Å². The molecule has 23 heavy (non-hydrogen) atoms. The Morgan fingerprint density at radius 2 is 1.70 bits per heavy atom. The van der Waals surface area contributed by atoms with Gasteiger partial charge in [-0.15, -0.1) is 0 Å². The Balaban J connectivity index is 2.07. The zero-order valence-electron chi connectivity index (χ0n) is 11.6. The predicted octanol–water partition coefficient (Wildman–Crippen LogP) is 3.70. The van der Waals surface area contributed by atoms with Crippen LogP contribution in [0.2, 0.25) is 0 Å². The molecule has 2 aliphatic carbocycles. The van der Waals surface area contributed by atoms with Gasteiger partial charge in [0.2, 0.25) is 0 Å². The Bertz CT molecular complexity index is 602. The number of alkyl halides is 7. The van der Waals surface area contributed by atoms with Crippen molar-refractivity contribution in [3.63, 3.8) is 0 Å². The van der Waals surface area contributed by atoms with Crippen molar-refractivity contribution in [3.8, 4) is 0 Å². The first kappa shape index (κ1) is 16.5. The highest BCUT2D eigenvalue weighted by molar-refractivity contribution is 5.39. The van der Waals surface area contributed by atoms with Crippen LogP contribution < -0.4 is 0 Å². The van der Waals surface area contributed by atoms with Crippen LogP contribution in [0.15, 0.2) is 0 Å². The summed E-state index contributed by atoms with van der Waals surface area (Å²) in [5.41, 5.74) is -3.26. The first-order valence-electron chi connectivity index (χ1n) is 7.06. The number of aromatic nitrogens is 2. The summed E-state index contributed by atoms with van der Waals surface area (Å²) in [6.45, 7) is 0. The number of aliphatic hydroxyl groups excluding tert-OH is 1. The minimum atomic E-state index is -5.02. The van der Waals surface area contributed by atoms with E-state index in [1.54, 1.807) is 0 Å². The minimum absolute atomic E-state index is 0.0488. The van der Waals surface area contributed by atoms with Gasteiger partial charge in [-0.05, 0) is 12.8 Å². The van der Waals surface area contributed by atoms with Gasteiger partial charge in [-0.3, -0.25) is 4.68 Å². The summed E-state index contributed by atoms with van der Waals surface area (Å²) >= 11 is 0. The summed E-state index contributed by atoms with van der Waals surface area (Å²) in [6, 6.07) is -1.02. The number of hydrogen-bond acceptors (Lipinski definition) is 2. The van der Waals surface area contributed by atoms with E-state index in [9.17, 15) is 35.8 Å². The molecule has 6 atom stereocenters. The van der Waals surface area contributed by atoms with Crippen molar-refractivity contribution in [1.82, 2.24) is 9.78 Å². The van der Waals surface area contributed by atoms with Gasteiger partial charge >= 0.3 is 6.18 Å².